The van der Waals surface area contributed by atoms with E-state index in [4.69, 9.17) is 5.10 Å². The summed E-state index contributed by atoms with van der Waals surface area (Å²) in [4.78, 5) is 48.0. The number of hydrogen-bond acceptors (Lipinski definition) is 6. The highest BCUT2D eigenvalue weighted by Crippen LogP contribution is 2.30. The van der Waals surface area contributed by atoms with Crippen LogP contribution in [0.3, 0.4) is 0 Å². The smallest absolute Gasteiger partial charge is 0.349 e. The molecular formula is C36H41F6N5O4. The third kappa shape index (κ3) is 11.0. The Kier molecular flexibility index (Phi) is 13.2. The Morgan fingerprint density at radius 3 is 1.92 bits per heavy atom. The zero-order valence-electron chi connectivity index (χ0n) is 28.3. The third-order valence-corrected chi connectivity index (χ3v) is 9.07. The highest BCUT2D eigenvalue weighted by Gasteiger charge is 2.54. The number of likely N-dealkylation sites (tertiary alicyclic amines) is 2. The van der Waals surface area contributed by atoms with E-state index in [1.807, 2.05) is 18.2 Å². The maximum absolute atomic E-state index is 12.9. The van der Waals surface area contributed by atoms with Gasteiger partial charge < -0.3 is 15.1 Å². The number of carbonyl (C=O) groups excluding carboxylic acids is 4. The lowest BCUT2D eigenvalue weighted by Gasteiger charge is -2.38. The van der Waals surface area contributed by atoms with Gasteiger partial charge in [0.25, 0.3) is 0 Å². The summed E-state index contributed by atoms with van der Waals surface area (Å²) < 4.78 is 69.2. The van der Waals surface area contributed by atoms with Crippen molar-refractivity contribution in [3.63, 3.8) is 0 Å². The normalized spacial score (nSPS) is 16.4. The number of halogens is 6. The highest BCUT2D eigenvalue weighted by atomic mass is 19.4. The number of Topliss-reactive ketones (excluding diaryl/α,β-unsaturated/α-hetero) is 2. The molecule has 2 saturated heterocycles. The van der Waals surface area contributed by atoms with Crippen molar-refractivity contribution in [3.05, 3.63) is 89.2 Å². The standard InChI is InChI=1S/C32H41N5O2.C4F6O2/c1-3-37-31(21-29(34-37)20-25-10-6-4-7-11-25)27-14-17-35(18-15-27)19-16-30(26-12-8-5-9-13-26)33-32(39)28-22-36(23-28)24(2)38;5-3(6,7)1(11)2(12)4(8,9)10/h4-13,21,27-28,30H,3,14-20,22-23H2,1-2H3,(H,33,39);/t30-;/m0./s1. The summed E-state index contributed by atoms with van der Waals surface area (Å²) >= 11 is 0. The van der Waals surface area contributed by atoms with E-state index in [9.17, 15) is 45.5 Å². The summed E-state index contributed by atoms with van der Waals surface area (Å²) in [6.45, 7) is 8.74. The van der Waals surface area contributed by atoms with Crippen LogP contribution < -0.4 is 5.32 Å². The lowest BCUT2D eigenvalue weighted by Crippen LogP contribution is -2.55. The molecule has 9 nitrogen and oxygen atoms in total. The van der Waals surface area contributed by atoms with Gasteiger partial charge in [-0.1, -0.05) is 60.7 Å². The first kappa shape index (κ1) is 39.3. The molecule has 2 aromatic carbocycles. The molecule has 276 valence electrons. The molecule has 2 aliphatic rings. The van der Waals surface area contributed by atoms with Crippen molar-refractivity contribution in [1.82, 2.24) is 24.9 Å². The Labute approximate surface area is 292 Å². The van der Waals surface area contributed by atoms with Gasteiger partial charge in [0.2, 0.25) is 11.8 Å². The van der Waals surface area contributed by atoms with E-state index in [1.54, 1.807) is 11.8 Å². The Balaban J connectivity index is 0.000000417. The Morgan fingerprint density at radius 2 is 1.41 bits per heavy atom. The predicted molar refractivity (Wildman–Crippen MR) is 175 cm³/mol. The van der Waals surface area contributed by atoms with Gasteiger partial charge in [-0.3, -0.25) is 23.9 Å². The second kappa shape index (κ2) is 17.1. The average Bonchev–Trinajstić information content (AvgIpc) is 3.48. The number of aryl methyl sites for hydroxylation is 1. The van der Waals surface area contributed by atoms with Crippen LogP contribution in [0, 0.1) is 5.92 Å². The second-order valence-corrected chi connectivity index (χ2v) is 12.7. The molecule has 5 rings (SSSR count). The molecule has 1 N–H and O–H groups in total. The summed E-state index contributed by atoms with van der Waals surface area (Å²) in [5.74, 6) is -6.29. The maximum Gasteiger partial charge on any atom is 0.458 e. The third-order valence-electron chi connectivity index (χ3n) is 9.07. The fourth-order valence-electron chi connectivity index (χ4n) is 6.18. The number of benzene rings is 2. The van der Waals surface area contributed by atoms with Crippen LogP contribution in [-0.4, -0.2) is 88.0 Å². The monoisotopic (exact) mass is 721 g/mol. The number of hydrogen-bond donors (Lipinski definition) is 1. The molecular weight excluding hydrogens is 680 g/mol. The zero-order valence-corrected chi connectivity index (χ0v) is 28.3. The molecule has 0 unspecified atom stereocenters. The van der Waals surface area contributed by atoms with E-state index in [-0.39, 0.29) is 23.8 Å². The lowest BCUT2D eigenvalue weighted by atomic mass is 9.92. The van der Waals surface area contributed by atoms with Gasteiger partial charge in [-0.05, 0) is 56.5 Å². The van der Waals surface area contributed by atoms with Gasteiger partial charge in [0, 0.05) is 51.1 Å². The fourth-order valence-corrected chi connectivity index (χ4v) is 6.18. The molecule has 2 aliphatic heterocycles. The number of rotatable bonds is 11. The number of nitrogens with zero attached hydrogens (tertiary/aromatic N) is 4. The quantitative estimate of drug-likeness (QED) is 0.203. The van der Waals surface area contributed by atoms with Crippen LogP contribution in [0.15, 0.2) is 66.7 Å². The van der Waals surface area contributed by atoms with E-state index in [2.05, 4.69) is 70.4 Å². The molecule has 0 radical (unpaired) electrons. The molecule has 2 amide bonds. The van der Waals surface area contributed by atoms with Crippen LogP contribution in [-0.2, 0) is 32.1 Å². The van der Waals surface area contributed by atoms with E-state index in [0.717, 1.165) is 63.1 Å². The molecule has 0 saturated carbocycles. The SMILES string of the molecule is CCn1nc(Cc2ccccc2)cc1C1CCN(CC[C@H](NC(=O)C2CN(C(C)=O)C2)c2ccccc2)CC1.O=C(C(=O)C(F)(F)F)C(F)(F)F. The summed E-state index contributed by atoms with van der Waals surface area (Å²) in [5.41, 5.74) is 4.96. The molecule has 0 aliphatic carbocycles. The van der Waals surface area contributed by atoms with E-state index in [1.165, 1.54) is 11.3 Å². The first-order valence-corrected chi connectivity index (χ1v) is 16.7. The first-order valence-electron chi connectivity index (χ1n) is 16.7. The molecule has 15 heteroatoms. The molecule has 1 atom stereocenters. The minimum absolute atomic E-state index is 0.0233. The highest BCUT2D eigenvalue weighted by molar-refractivity contribution is 6.41. The number of carbonyl (C=O) groups is 4. The van der Waals surface area contributed by atoms with E-state index < -0.39 is 23.9 Å². The van der Waals surface area contributed by atoms with E-state index >= 15 is 0 Å². The maximum atomic E-state index is 12.9. The van der Waals surface area contributed by atoms with Gasteiger partial charge in [0.15, 0.2) is 0 Å². The number of nitrogens with one attached hydrogen (secondary N) is 1. The Hall–Kier alpha value is -4.53. The van der Waals surface area contributed by atoms with Crippen molar-refractivity contribution in [1.29, 1.82) is 0 Å². The molecule has 0 bridgehead atoms. The number of amides is 2. The van der Waals surface area contributed by atoms with Gasteiger partial charge in [-0.2, -0.15) is 31.4 Å². The number of aromatic nitrogens is 2. The van der Waals surface area contributed by atoms with Crippen LogP contribution in [0.4, 0.5) is 26.3 Å². The van der Waals surface area contributed by atoms with Crippen LogP contribution in [0.2, 0.25) is 0 Å². The van der Waals surface area contributed by atoms with Crippen LogP contribution in [0.1, 0.15) is 67.6 Å². The van der Waals surface area contributed by atoms with Crippen molar-refractivity contribution in [2.24, 2.45) is 5.92 Å². The van der Waals surface area contributed by atoms with Crippen LogP contribution in [0.5, 0.6) is 0 Å². The average molecular weight is 722 g/mol. The lowest BCUT2D eigenvalue weighted by molar-refractivity contribution is -0.193. The van der Waals surface area contributed by atoms with Crippen molar-refractivity contribution in [2.75, 3.05) is 32.7 Å². The van der Waals surface area contributed by atoms with Crippen LogP contribution >= 0.6 is 0 Å². The second-order valence-electron chi connectivity index (χ2n) is 12.7. The summed E-state index contributed by atoms with van der Waals surface area (Å²) in [6.07, 6.45) is -7.54. The molecule has 1 aromatic heterocycles. The van der Waals surface area contributed by atoms with Gasteiger partial charge in [0.1, 0.15) is 0 Å². The van der Waals surface area contributed by atoms with Gasteiger partial charge >= 0.3 is 23.9 Å². The topological polar surface area (TPSA) is 105 Å². The zero-order chi connectivity index (χ0) is 37.3. The van der Waals surface area contributed by atoms with Gasteiger partial charge in [0.05, 0.1) is 17.7 Å². The number of alkyl halides is 6. The van der Waals surface area contributed by atoms with Crippen LogP contribution in [0.25, 0.3) is 0 Å². The minimum atomic E-state index is -5.77. The molecule has 51 heavy (non-hydrogen) atoms. The van der Waals surface area contributed by atoms with Crippen molar-refractivity contribution in [3.8, 4) is 0 Å². The number of ketones is 2. The van der Waals surface area contributed by atoms with Crippen molar-refractivity contribution >= 4 is 23.4 Å². The largest absolute Gasteiger partial charge is 0.458 e. The fraction of sp³-hybridized carbons (Fsp3) is 0.472. The Morgan fingerprint density at radius 1 is 0.863 bits per heavy atom. The molecule has 2 fully saturated rings. The summed E-state index contributed by atoms with van der Waals surface area (Å²) in [7, 11) is 0. The predicted octanol–water partition coefficient (Wildman–Crippen LogP) is 5.65. The van der Waals surface area contributed by atoms with Gasteiger partial charge in [-0.15, -0.1) is 0 Å². The van der Waals surface area contributed by atoms with Crippen molar-refractivity contribution < 1.29 is 45.5 Å². The first-order chi connectivity index (χ1) is 24.1. The summed E-state index contributed by atoms with van der Waals surface area (Å²) in [6, 6.07) is 23.1. The summed E-state index contributed by atoms with van der Waals surface area (Å²) in [5, 5.41) is 8.21. The van der Waals surface area contributed by atoms with Gasteiger partial charge in [-0.25, -0.2) is 0 Å². The molecule has 0 spiro atoms. The number of piperidine rings is 1. The molecule has 3 aromatic rings. The van der Waals surface area contributed by atoms with Crippen molar-refractivity contribution in [2.45, 2.75) is 70.4 Å². The minimum Gasteiger partial charge on any atom is -0.349 e. The van der Waals surface area contributed by atoms with E-state index in [0.29, 0.717) is 19.0 Å². The Bertz CT molecular complexity index is 1610. The molecule has 3 heterocycles.